The molecule has 7 heteroatoms. The maximum Gasteiger partial charge on any atom is 0.320 e. The van der Waals surface area contributed by atoms with Gasteiger partial charge in [-0.2, -0.15) is 0 Å². The van der Waals surface area contributed by atoms with Crippen LogP contribution in [0.25, 0.3) is 0 Å². The van der Waals surface area contributed by atoms with Gasteiger partial charge in [-0.1, -0.05) is 46.0 Å². The number of aliphatic imine (C=N–C) groups is 1. The highest BCUT2D eigenvalue weighted by atomic mass is 16.4. The van der Waals surface area contributed by atoms with Gasteiger partial charge in [0.05, 0.1) is 18.9 Å². The van der Waals surface area contributed by atoms with Gasteiger partial charge in [0.2, 0.25) is 0 Å². The molecule has 1 saturated carbocycles. The molecule has 3 atom stereocenters. The predicted octanol–water partition coefficient (Wildman–Crippen LogP) is 2.60. The number of carboxylic acids is 2. The molecule has 2 unspecified atom stereocenters. The molecule has 1 aliphatic carbocycles. The van der Waals surface area contributed by atoms with E-state index in [-0.39, 0.29) is 12.0 Å². The highest BCUT2D eigenvalue weighted by Gasteiger charge is 2.32. The quantitative estimate of drug-likeness (QED) is 0.508. The second-order valence-corrected chi connectivity index (χ2v) is 8.48. The van der Waals surface area contributed by atoms with Crippen LogP contribution in [0.1, 0.15) is 65.2 Å². The summed E-state index contributed by atoms with van der Waals surface area (Å²) in [6.45, 7) is 5.36. The molecule has 0 aromatic rings. The van der Waals surface area contributed by atoms with Gasteiger partial charge in [-0.15, -0.1) is 0 Å². The van der Waals surface area contributed by atoms with Crippen molar-refractivity contribution in [2.24, 2.45) is 16.8 Å². The Morgan fingerprint density at radius 1 is 1.15 bits per heavy atom. The van der Waals surface area contributed by atoms with Gasteiger partial charge in [-0.3, -0.25) is 19.9 Å². The van der Waals surface area contributed by atoms with Crippen LogP contribution in [0.3, 0.4) is 0 Å². The normalized spacial score (nSPS) is 22.9. The lowest BCUT2D eigenvalue weighted by molar-refractivity contribution is -0.143. The third kappa shape index (κ3) is 7.13. The molecular formula is C20H35N3O4. The molecule has 0 amide bonds. The van der Waals surface area contributed by atoms with Crippen LogP contribution < -0.4 is 5.32 Å². The van der Waals surface area contributed by atoms with Crippen molar-refractivity contribution in [3.63, 3.8) is 0 Å². The highest BCUT2D eigenvalue weighted by molar-refractivity contribution is 5.77. The van der Waals surface area contributed by atoms with E-state index < -0.39 is 24.0 Å². The molecule has 3 N–H and O–H groups in total. The van der Waals surface area contributed by atoms with Crippen molar-refractivity contribution < 1.29 is 19.8 Å². The predicted molar refractivity (Wildman–Crippen MR) is 105 cm³/mol. The van der Waals surface area contributed by atoms with Crippen molar-refractivity contribution in [3.05, 3.63) is 0 Å². The van der Waals surface area contributed by atoms with Gasteiger partial charge < -0.3 is 15.1 Å². The highest BCUT2D eigenvalue weighted by Crippen LogP contribution is 2.27. The molecule has 0 saturated heterocycles. The molecule has 0 radical (unpaired) electrons. The van der Waals surface area contributed by atoms with E-state index in [0.717, 1.165) is 18.9 Å². The minimum absolute atomic E-state index is 0.0238. The lowest BCUT2D eigenvalue weighted by atomic mass is 9.87. The van der Waals surface area contributed by atoms with Gasteiger partial charge in [0.15, 0.2) is 0 Å². The Kier molecular flexibility index (Phi) is 8.54. The molecule has 27 heavy (non-hydrogen) atoms. The van der Waals surface area contributed by atoms with Gasteiger partial charge in [-0.05, 0) is 31.1 Å². The van der Waals surface area contributed by atoms with Gasteiger partial charge in [0, 0.05) is 6.54 Å². The van der Waals surface area contributed by atoms with Gasteiger partial charge in [0.1, 0.15) is 12.1 Å². The molecule has 1 fully saturated rings. The molecule has 0 aromatic carbocycles. The number of hydrogen-bond acceptors (Lipinski definition) is 5. The van der Waals surface area contributed by atoms with Gasteiger partial charge >= 0.3 is 11.9 Å². The van der Waals surface area contributed by atoms with Crippen molar-refractivity contribution in [2.45, 2.75) is 83.3 Å². The fourth-order valence-electron chi connectivity index (χ4n) is 4.20. The van der Waals surface area contributed by atoms with Crippen molar-refractivity contribution in [3.8, 4) is 0 Å². The Morgan fingerprint density at radius 2 is 1.81 bits per heavy atom. The smallest absolute Gasteiger partial charge is 0.320 e. The van der Waals surface area contributed by atoms with Gasteiger partial charge in [-0.25, -0.2) is 0 Å². The van der Waals surface area contributed by atoms with Crippen LogP contribution in [0.2, 0.25) is 0 Å². The Balaban J connectivity index is 1.89. The minimum atomic E-state index is -0.996. The summed E-state index contributed by atoms with van der Waals surface area (Å²) in [5.74, 6) is -1.05. The largest absolute Gasteiger partial charge is 0.480 e. The first-order valence-corrected chi connectivity index (χ1v) is 10.3. The summed E-state index contributed by atoms with van der Waals surface area (Å²) in [6.07, 6.45) is 10.3. The lowest BCUT2D eigenvalue weighted by Crippen LogP contribution is -2.50. The van der Waals surface area contributed by atoms with Crippen molar-refractivity contribution >= 4 is 18.3 Å². The standard InChI is InChI=1S/C20H35N3O4/c1-14(2)10-17(19(24)25)22-18(20(26)27)11-16-12-21-13-23(16)9-8-15-6-4-3-5-7-15/h13-18,22H,3-12H2,1-2H3,(H,24,25)(H,26,27)/t16?,17?,18-/m0/s1. The molecule has 7 nitrogen and oxygen atoms in total. The number of nitrogens with one attached hydrogen (secondary N) is 1. The number of carbonyl (C=O) groups is 2. The summed E-state index contributed by atoms with van der Waals surface area (Å²) in [5.41, 5.74) is 0. The summed E-state index contributed by atoms with van der Waals surface area (Å²) < 4.78 is 0. The monoisotopic (exact) mass is 381 g/mol. The zero-order valence-corrected chi connectivity index (χ0v) is 16.6. The van der Waals surface area contributed by atoms with E-state index in [2.05, 4.69) is 15.2 Å². The van der Waals surface area contributed by atoms with Crippen molar-refractivity contribution in [1.29, 1.82) is 0 Å². The number of aliphatic carboxylic acids is 2. The molecule has 0 spiro atoms. The van der Waals surface area contributed by atoms with Crippen molar-refractivity contribution in [1.82, 2.24) is 10.2 Å². The van der Waals surface area contributed by atoms with Crippen LogP contribution in [-0.2, 0) is 9.59 Å². The van der Waals surface area contributed by atoms with E-state index in [9.17, 15) is 19.8 Å². The van der Waals surface area contributed by atoms with Crippen LogP contribution in [0.15, 0.2) is 4.99 Å². The minimum Gasteiger partial charge on any atom is -0.480 e. The summed E-state index contributed by atoms with van der Waals surface area (Å²) in [4.78, 5) is 29.7. The average molecular weight is 382 g/mol. The number of rotatable bonds is 11. The van der Waals surface area contributed by atoms with E-state index in [1.807, 2.05) is 20.2 Å². The third-order valence-electron chi connectivity index (χ3n) is 5.75. The van der Waals surface area contributed by atoms with E-state index in [1.165, 1.54) is 32.1 Å². The Labute approximate surface area is 162 Å². The second kappa shape index (κ2) is 10.6. The molecule has 0 aromatic heterocycles. The molecule has 2 aliphatic rings. The van der Waals surface area contributed by atoms with Crippen molar-refractivity contribution in [2.75, 3.05) is 13.1 Å². The first-order valence-electron chi connectivity index (χ1n) is 10.3. The van der Waals surface area contributed by atoms with E-state index in [0.29, 0.717) is 19.4 Å². The Morgan fingerprint density at radius 3 is 2.41 bits per heavy atom. The summed E-state index contributed by atoms with van der Waals surface area (Å²) in [5, 5.41) is 21.9. The maximum absolute atomic E-state index is 11.7. The second-order valence-electron chi connectivity index (χ2n) is 8.48. The lowest BCUT2D eigenvalue weighted by Gasteiger charge is -2.30. The first-order chi connectivity index (χ1) is 12.9. The maximum atomic E-state index is 11.7. The first kappa shape index (κ1) is 21.7. The zero-order valence-electron chi connectivity index (χ0n) is 16.6. The number of hydrogen-bond donors (Lipinski definition) is 3. The van der Waals surface area contributed by atoms with Crippen LogP contribution in [-0.4, -0.2) is 64.6 Å². The van der Waals surface area contributed by atoms with E-state index in [4.69, 9.17) is 0 Å². The molecule has 154 valence electrons. The fourth-order valence-corrected chi connectivity index (χ4v) is 4.20. The van der Waals surface area contributed by atoms with Crippen LogP contribution in [0, 0.1) is 11.8 Å². The Hall–Kier alpha value is -1.63. The third-order valence-corrected chi connectivity index (χ3v) is 5.75. The Bertz CT molecular complexity index is 517. The molecular weight excluding hydrogens is 346 g/mol. The molecule has 1 heterocycles. The topological polar surface area (TPSA) is 102 Å². The van der Waals surface area contributed by atoms with Crippen LogP contribution in [0.4, 0.5) is 0 Å². The average Bonchev–Trinajstić information content (AvgIpc) is 3.06. The molecule has 2 rings (SSSR count). The summed E-state index contributed by atoms with van der Waals surface area (Å²) in [7, 11) is 0. The zero-order chi connectivity index (χ0) is 19.8. The SMILES string of the molecule is CC(C)CC(N[C@@H](CC1CN=CN1CCC1CCCCC1)C(=O)O)C(=O)O. The fraction of sp³-hybridized carbons (Fsp3) is 0.850. The van der Waals surface area contributed by atoms with Gasteiger partial charge in [0.25, 0.3) is 0 Å². The van der Waals surface area contributed by atoms with Crippen LogP contribution >= 0.6 is 0 Å². The summed E-state index contributed by atoms with van der Waals surface area (Å²) in [6, 6.07) is -1.70. The summed E-state index contributed by atoms with van der Waals surface area (Å²) >= 11 is 0. The van der Waals surface area contributed by atoms with Crippen LogP contribution in [0.5, 0.6) is 0 Å². The van der Waals surface area contributed by atoms with E-state index >= 15 is 0 Å². The number of carboxylic acid groups (broad SMARTS) is 2. The number of nitrogens with zero attached hydrogens (tertiary/aromatic N) is 2. The molecule has 1 aliphatic heterocycles. The van der Waals surface area contributed by atoms with E-state index in [1.54, 1.807) is 0 Å². The molecule has 0 bridgehead atoms.